The molecule has 0 aliphatic rings. The van der Waals surface area contributed by atoms with Crippen LogP contribution < -0.4 is 0 Å². The van der Waals surface area contributed by atoms with Gasteiger partial charge < -0.3 is 5.11 Å². The van der Waals surface area contributed by atoms with Gasteiger partial charge in [-0.25, -0.2) is 0 Å². The first-order valence-corrected chi connectivity index (χ1v) is 8.15. The molecule has 7 heteroatoms. The Morgan fingerprint density at radius 3 is 2.74 bits per heavy atom. The number of rotatable bonds is 4. The van der Waals surface area contributed by atoms with Crippen molar-refractivity contribution < 1.29 is 5.11 Å². The van der Waals surface area contributed by atoms with E-state index in [2.05, 4.69) is 21.0 Å². The first kappa shape index (κ1) is 15.3. The highest BCUT2D eigenvalue weighted by molar-refractivity contribution is 9.10. The largest absolute Gasteiger partial charge is 0.387 e. The van der Waals surface area contributed by atoms with E-state index < -0.39 is 6.10 Å². The van der Waals surface area contributed by atoms with Crippen molar-refractivity contribution in [3.05, 3.63) is 36.2 Å². The van der Waals surface area contributed by atoms with E-state index in [0.717, 1.165) is 27.3 Å². The van der Waals surface area contributed by atoms with E-state index in [0.29, 0.717) is 15.8 Å². The molecule has 1 unspecified atom stereocenters. The summed E-state index contributed by atoms with van der Waals surface area (Å²) in [4.78, 5) is 0.814. The quantitative estimate of drug-likeness (QED) is 0.836. The molecular weight excluding hydrogens is 371 g/mol. The zero-order valence-corrected chi connectivity index (χ0v) is 14.4. The molecule has 2 aromatic rings. The third-order valence-corrected chi connectivity index (χ3v) is 5.90. The maximum atomic E-state index is 10.3. The summed E-state index contributed by atoms with van der Waals surface area (Å²) < 4.78 is 3.27. The molecule has 19 heavy (non-hydrogen) atoms. The Morgan fingerprint density at radius 2 is 2.21 bits per heavy atom. The Labute approximate surface area is 134 Å². The van der Waals surface area contributed by atoms with E-state index >= 15 is 0 Å². The summed E-state index contributed by atoms with van der Waals surface area (Å²) in [5, 5.41) is 15.3. The van der Waals surface area contributed by atoms with Gasteiger partial charge in [0.1, 0.15) is 4.34 Å². The second-order valence-corrected chi connectivity index (χ2v) is 7.07. The Kier molecular flexibility index (Phi) is 4.95. The summed E-state index contributed by atoms with van der Waals surface area (Å²) in [5.74, 6) is 0. The minimum absolute atomic E-state index is 0.427. The lowest BCUT2D eigenvalue weighted by Gasteiger charge is -2.10. The SMILES string of the molecule is CCn1nc(C)c(Cl)c1CC(O)c1cc(Br)c(Cl)s1. The molecule has 2 rings (SSSR count). The monoisotopic (exact) mass is 382 g/mol. The van der Waals surface area contributed by atoms with Gasteiger partial charge in [-0.15, -0.1) is 11.3 Å². The molecule has 0 aliphatic carbocycles. The summed E-state index contributed by atoms with van der Waals surface area (Å²) in [6.45, 7) is 4.59. The van der Waals surface area contributed by atoms with Gasteiger partial charge in [0.15, 0.2) is 0 Å². The zero-order chi connectivity index (χ0) is 14.2. The second-order valence-electron chi connectivity index (χ2n) is 4.15. The van der Waals surface area contributed by atoms with Crippen LogP contribution in [0.25, 0.3) is 0 Å². The Morgan fingerprint density at radius 1 is 1.53 bits per heavy atom. The van der Waals surface area contributed by atoms with Gasteiger partial charge in [-0.3, -0.25) is 4.68 Å². The van der Waals surface area contributed by atoms with Crippen LogP contribution >= 0.6 is 50.5 Å². The van der Waals surface area contributed by atoms with E-state index in [1.807, 2.05) is 24.6 Å². The lowest BCUT2D eigenvalue weighted by Crippen LogP contribution is -2.08. The fraction of sp³-hybridized carbons (Fsp3) is 0.417. The highest BCUT2D eigenvalue weighted by Crippen LogP contribution is 2.37. The van der Waals surface area contributed by atoms with Crippen LogP contribution in [0.2, 0.25) is 9.36 Å². The number of aromatic nitrogens is 2. The van der Waals surface area contributed by atoms with E-state index in [4.69, 9.17) is 23.2 Å². The standard InChI is InChI=1S/C12H13BrCl2N2OS/c1-3-17-8(11(14)6(2)16-17)5-9(18)10-4-7(13)12(15)19-10/h4,9,18H,3,5H2,1-2H3. The highest BCUT2D eigenvalue weighted by atomic mass is 79.9. The van der Waals surface area contributed by atoms with Crippen molar-refractivity contribution in [3.8, 4) is 0 Å². The van der Waals surface area contributed by atoms with Crippen LogP contribution in [0.1, 0.15) is 29.3 Å². The molecule has 2 aromatic heterocycles. The van der Waals surface area contributed by atoms with Gasteiger partial charge in [0, 0.05) is 22.3 Å². The smallest absolute Gasteiger partial charge is 0.107 e. The Hall–Kier alpha value is -0.0700. The molecule has 3 nitrogen and oxygen atoms in total. The molecule has 0 saturated heterocycles. The third kappa shape index (κ3) is 3.16. The van der Waals surface area contributed by atoms with Gasteiger partial charge in [0.2, 0.25) is 0 Å². The van der Waals surface area contributed by atoms with Crippen LogP contribution in [0.4, 0.5) is 0 Å². The number of nitrogens with zero attached hydrogens (tertiary/aromatic N) is 2. The summed E-state index contributed by atoms with van der Waals surface area (Å²) in [7, 11) is 0. The predicted molar refractivity (Wildman–Crippen MR) is 83.3 cm³/mol. The molecule has 0 radical (unpaired) electrons. The van der Waals surface area contributed by atoms with Crippen molar-refractivity contribution in [2.24, 2.45) is 0 Å². The van der Waals surface area contributed by atoms with Gasteiger partial charge in [0.25, 0.3) is 0 Å². The van der Waals surface area contributed by atoms with Gasteiger partial charge in [0.05, 0.1) is 22.5 Å². The molecule has 0 bridgehead atoms. The normalized spacial score (nSPS) is 12.9. The first-order valence-electron chi connectivity index (χ1n) is 5.78. The van der Waals surface area contributed by atoms with E-state index in [1.165, 1.54) is 11.3 Å². The van der Waals surface area contributed by atoms with Crippen LogP contribution in [0.5, 0.6) is 0 Å². The van der Waals surface area contributed by atoms with Crippen LogP contribution in [0, 0.1) is 6.92 Å². The minimum atomic E-state index is -0.632. The molecule has 0 fully saturated rings. The van der Waals surface area contributed by atoms with Crippen LogP contribution in [0.15, 0.2) is 10.5 Å². The van der Waals surface area contributed by atoms with Crippen molar-refractivity contribution in [1.82, 2.24) is 9.78 Å². The van der Waals surface area contributed by atoms with Gasteiger partial charge in [-0.1, -0.05) is 23.2 Å². The number of hydrogen-bond donors (Lipinski definition) is 1. The Bertz CT molecular complexity index is 577. The van der Waals surface area contributed by atoms with E-state index in [9.17, 15) is 5.11 Å². The molecule has 2 heterocycles. The summed E-state index contributed by atoms with van der Waals surface area (Å²) in [6.07, 6.45) is -0.204. The number of thiophene rings is 1. The lowest BCUT2D eigenvalue weighted by molar-refractivity contribution is 0.179. The first-order chi connectivity index (χ1) is 8.93. The number of halogens is 3. The van der Waals surface area contributed by atoms with Crippen molar-refractivity contribution in [2.45, 2.75) is 32.9 Å². The van der Waals surface area contributed by atoms with Gasteiger partial charge >= 0.3 is 0 Å². The number of aliphatic hydroxyl groups is 1. The molecule has 0 saturated carbocycles. The van der Waals surface area contributed by atoms with E-state index in [1.54, 1.807) is 0 Å². The molecule has 0 spiro atoms. The second kappa shape index (κ2) is 6.14. The zero-order valence-electron chi connectivity index (χ0n) is 10.5. The molecular formula is C12H13BrCl2N2OS. The fourth-order valence-corrected chi connectivity index (χ4v) is 3.81. The maximum Gasteiger partial charge on any atom is 0.107 e. The number of aryl methyl sites for hydroxylation is 2. The Balaban J connectivity index is 2.25. The third-order valence-electron chi connectivity index (χ3n) is 2.83. The van der Waals surface area contributed by atoms with Crippen LogP contribution in [0.3, 0.4) is 0 Å². The van der Waals surface area contributed by atoms with Crippen molar-refractivity contribution in [3.63, 3.8) is 0 Å². The molecule has 0 aliphatic heterocycles. The highest BCUT2D eigenvalue weighted by Gasteiger charge is 2.19. The van der Waals surface area contributed by atoms with Crippen molar-refractivity contribution in [2.75, 3.05) is 0 Å². The number of hydrogen-bond acceptors (Lipinski definition) is 3. The summed E-state index contributed by atoms with van der Waals surface area (Å²) >= 11 is 16.9. The topological polar surface area (TPSA) is 38.0 Å². The number of aliphatic hydroxyl groups excluding tert-OH is 1. The predicted octanol–water partition coefficient (Wildman–Crippen LogP) is 4.62. The van der Waals surface area contributed by atoms with Gasteiger partial charge in [-0.05, 0) is 35.8 Å². The van der Waals surface area contributed by atoms with Crippen LogP contribution in [-0.2, 0) is 13.0 Å². The van der Waals surface area contributed by atoms with E-state index in [-0.39, 0.29) is 0 Å². The maximum absolute atomic E-state index is 10.3. The average Bonchev–Trinajstić information content (AvgIpc) is 2.84. The fourth-order valence-electron chi connectivity index (χ4n) is 1.88. The molecule has 1 atom stereocenters. The molecule has 0 aromatic carbocycles. The lowest BCUT2D eigenvalue weighted by atomic mass is 10.1. The summed E-state index contributed by atoms with van der Waals surface area (Å²) in [5.41, 5.74) is 1.64. The van der Waals surface area contributed by atoms with Gasteiger partial charge in [-0.2, -0.15) is 5.10 Å². The van der Waals surface area contributed by atoms with Crippen molar-refractivity contribution >= 4 is 50.5 Å². The van der Waals surface area contributed by atoms with Crippen LogP contribution in [-0.4, -0.2) is 14.9 Å². The summed E-state index contributed by atoms with van der Waals surface area (Å²) in [6, 6.07) is 1.84. The molecule has 0 amide bonds. The molecule has 1 N–H and O–H groups in total. The minimum Gasteiger partial charge on any atom is -0.387 e. The molecule has 104 valence electrons. The average molecular weight is 384 g/mol. The van der Waals surface area contributed by atoms with Crippen molar-refractivity contribution in [1.29, 1.82) is 0 Å².